The van der Waals surface area contributed by atoms with Gasteiger partial charge in [-0.1, -0.05) is 59.1 Å². The van der Waals surface area contributed by atoms with Gasteiger partial charge < -0.3 is 0 Å². The SMILES string of the molecule is Clc1ccc(C[S+](Cc2ccc(Cl)cc2)c2ccc(Cl)cc2)cc1.[F][Sb-]([F])([F])([F])([F])[F]. The Bertz CT molecular complexity index is 934. The molecule has 0 nitrogen and oxygen atoms in total. The van der Waals surface area contributed by atoms with Crippen LogP contribution in [0.2, 0.25) is 15.1 Å². The second-order valence-electron chi connectivity index (χ2n) is 6.45. The molecule has 0 aliphatic heterocycles. The molecule has 0 atom stereocenters. The number of benzene rings is 3. The summed E-state index contributed by atoms with van der Waals surface area (Å²) in [6.45, 7) is 0. The number of rotatable bonds is 5. The Labute approximate surface area is 196 Å². The van der Waals surface area contributed by atoms with Gasteiger partial charge in [-0.2, -0.15) is 0 Å². The van der Waals surface area contributed by atoms with Crippen molar-refractivity contribution in [1.29, 1.82) is 0 Å². The summed E-state index contributed by atoms with van der Waals surface area (Å²) in [5, 5.41) is 2.30. The third-order valence-corrected chi connectivity index (χ3v) is 6.71. The molecule has 0 spiro atoms. The van der Waals surface area contributed by atoms with Gasteiger partial charge in [-0.15, -0.1) is 0 Å². The topological polar surface area (TPSA) is 0 Å². The quantitative estimate of drug-likeness (QED) is 0.150. The van der Waals surface area contributed by atoms with E-state index in [4.69, 9.17) is 34.8 Å². The van der Waals surface area contributed by atoms with Gasteiger partial charge in [-0.05, 0) is 48.5 Å². The van der Waals surface area contributed by atoms with E-state index in [2.05, 4.69) is 36.4 Å². The average Bonchev–Trinajstić information content (AvgIpc) is 2.63. The summed E-state index contributed by atoms with van der Waals surface area (Å²) in [7, 11) is 0.0439. The van der Waals surface area contributed by atoms with Gasteiger partial charge in [0.15, 0.2) is 4.90 Å². The number of halogens is 9. The molecule has 0 bridgehead atoms. The van der Waals surface area contributed by atoms with Gasteiger partial charge in [-0.25, -0.2) is 0 Å². The van der Waals surface area contributed by atoms with Crippen molar-refractivity contribution in [2.24, 2.45) is 0 Å². The Morgan fingerprint density at radius 2 is 0.774 bits per heavy atom. The predicted molar refractivity (Wildman–Crippen MR) is 120 cm³/mol. The van der Waals surface area contributed by atoms with Crippen LogP contribution in [0.5, 0.6) is 0 Å². The molecule has 0 saturated heterocycles. The van der Waals surface area contributed by atoms with E-state index in [1.165, 1.54) is 16.0 Å². The minimum atomic E-state index is -11.2. The van der Waals surface area contributed by atoms with E-state index in [-0.39, 0.29) is 10.9 Å². The van der Waals surface area contributed by atoms with Crippen LogP contribution in [0.1, 0.15) is 11.1 Å². The number of hydrogen-bond acceptors (Lipinski definition) is 0. The van der Waals surface area contributed by atoms with E-state index >= 15 is 0 Å². The minimum absolute atomic E-state index is 0.0439. The third-order valence-electron chi connectivity index (χ3n) is 3.66. The molecule has 0 fully saturated rings. The molecule has 0 aliphatic carbocycles. The zero-order chi connectivity index (χ0) is 23.3. The summed E-state index contributed by atoms with van der Waals surface area (Å²) in [4.78, 5) is 1.31. The van der Waals surface area contributed by atoms with Crippen LogP contribution in [-0.2, 0) is 22.4 Å². The fraction of sp³-hybridized carbons (Fsp3) is 0.100. The number of hydrogen-bond donors (Lipinski definition) is 0. The van der Waals surface area contributed by atoms with Crippen molar-refractivity contribution in [1.82, 2.24) is 0 Å². The molecule has 0 aliphatic rings. The van der Waals surface area contributed by atoms with Crippen molar-refractivity contribution < 1.29 is 16.9 Å². The second kappa shape index (κ2) is 9.64. The molecular weight excluding hydrogens is 614 g/mol. The van der Waals surface area contributed by atoms with Crippen molar-refractivity contribution >= 4 is 65.2 Å². The Morgan fingerprint density at radius 3 is 1.06 bits per heavy atom. The molecule has 0 radical (unpaired) electrons. The molecule has 0 heterocycles. The molecule has 11 heteroatoms. The van der Waals surface area contributed by atoms with Crippen LogP contribution < -0.4 is 0 Å². The van der Waals surface area contributed by atoms with Crippen molar-refractivity contribution in [3.05, 3.63) is 99.0 Å². The van der Waals surface area contributed by atoms with Gasteiger partial charge in [0.1, 0.15) is 11.5 Å². The first-order valence-corrected chi connectivity index (χ1v) is 17.0. The van der Waals surface area contributed by atoms with Gasteiger partial charge in [-0.3, -0.25) is 0 Å². The normalized spacial score (nSPS) is 13.7. The molecule has 31 heavy (non-hydrogen) atoms. The molecule has 0 N–H and O–H groups in total. The zero-order valence-electron chi connectivity index (χ0n) is 15.6. The predicted octanol–water partition coefficient (Wildman–Crippen LogP) is 9.16. The van der Waals surface area contributed by atoms with Crippen LogP contribution in [0.25, 0.3) is 0 Å². The molecule has 0 saturated carbocycles. The van der Waals surface area contributed by atoms with Crippen LogP contribution in [-0.4, -0.2) is 19.5 Å². The summed E-state index contributed by atoms with van der Waals surface area (Å²) in [5.74, 6) is 1.95. The van der Waals surface area contributed by atoms with Gasteiger partial charge in [0.25, 0.3) is 0 Å². The van der Waals surface area contributed by atoms with Crippen molar-refractivity contribution in [2.45, 2.75) is 16.4 Å². The van der Waals surface area contributed by atoms with Gasteiger partial charge in [0, 0.05) is 37.1 Å². The van der Waals surface area contributed by atoms with E-state index in [0.29, 0.717) is 0 Å². The van der Waals surface area contributed by atoms with Crippen LogP contribution in [0.4, 0.5) is 16.9 Å². The monoisotopic (exact) mass is 628 g/mol. The maximum absolute atomic E-state index is 11.2. The molecule has 0 aromatic heterocycles. The summed E-state index contributed by atoms with van der Waals surface area (Å²) in [5.41, 5.74) is 2.57. The molecular formula is C20H16Cl3F6SSb. The van der Waals surface area contributed by atoms with Crippen LogP contribution >= 0.6 is 34.8 Å². The standard InChI is InChI=1S/C20H16Cl3S.6FH.Sb/c21-17-5-1-15(2-6-17)13-24(20-11-9-19(23)10-12-20)14-16-3-7-18(22)8-4-16;;;;;;;/h1-12H,13-14H2;6*1H;/q+1;;;;;;;+5/p-6. The van der Waals surface area contributed by atoms with Gasteiger partial charge >= 0.3 is 36.4 Å². The Kier molecular flexibility index (Phi) is 8.25. The Balaban J connectivity index is 0.000000423. The average molecular weight is 631 g/mol. The summed E-state index contributed by atoms with van der Waals surface area (Å²) >= 11 is 6.80. The zero-order valence-corrected chi connectivity index (χ0v) is 21.2. The van der Waals surface area contributed by atoms with Crippen molar-refractivity contribution in [3.8, 4) is 0 Å². The maximum atomic E-state index is 9.93. The fourth-order valence-corrected chi connectivity index (χ4v) is 4.93. The first kappa shape index (κ1) is 26.5. The molecule has 170 valence electrons. The summed E-state index contributed by atoms with van der Waals surface area (Å²) in [6, 6.07) is 24.3. The van der Waals surface area contributed by atoms with Crippen molar-refractivity contribution in [2.75, 3.05) is 0 Å². The first-order chi connectivity index (χ1) is 14.0. The van der Waals surface area contributed by atoms with E-state index in [9.17, 15) is 16.9 Å². The Morgan fingerprint density at radius 1 is 0.516 bits per heavy atom. The van der Waals surface area contributed by atoms with E-state index < -0.39 is 19.5 Å². The van der Waals surface area contributed by atoms with E-state index in [1.807, 2.05) is 36.4 Å². The van der Waals surface area contributed by atoms with E-state index in [1.54, 1.807) is 0 Å². The van der Waals surface area contributed by atoms with E-state index in [0.717, 1.165) is 26.6 Å². The molecule has 0 amide bonds. The fourth-order valence-electron chi connectivity index (χ4n) is 2.41. The molecule has 3 aromatic rings. The third kappa shape index (κ3) is 12.8. The first-order valence-electron chi connectivity index (χ1n) is 8.53. The van der Waals surface area contributed by atoms with Crippen molar-refractivity contribution in [3.63, 3.8) is 0 Å². The Hall–Kier alpha value is -0.722. The molecule has 0 unspecified atom stereocenters. The van der Waals surface area contributed by atoms with Gasteiger partial charge in [0.2, 0.25) is 0 Å². The molecule has 3 rings (SSSR count). The summed E-state index contributed by atoms with van der Waals surface area (Å²) < 4.78 is 59.6. The van der Waals surface area contributed by atoms with Gasteiger partial charge in [0.05, 0.1) is 0 Å². The molecule has 3 aromatic carbocycles. The second-order valence-corrected chi connectivity index (χ2v) is 15.3. The van der Waals surface area contributed by atoms with Crippen LogP contribution in [0.3, 0.4) is 0 Å². The summed E-state index contributed by atoms with van der Waals surface area (Å²) in [6.07, 6.45) is 0. The van der Waals surface area contributed by atoms with Crippen LogP contribution in [0, 0.1) is 0 Å². The van der Waals surface area contributed by atoms with Crippen LogP contribution in [0.15, 0.2) is 77.7 Å².